The smallest absolute Gasteiger partial charge is 0.264 e. The van der Waals surface area contributed by atoms with E-state index in [0.717, 1.165) is 63.5 Å². The second-order valence-electron chi connectivity index (χ2n) is 7.96. The van der Waals surface area contributed by atoms with Gasteiger partial charge in [-0.3, -0.25) is 4.79 Å². The third-order valence-corrected chi connectivity index (χ3v) is 7.13. The average molecular weight is 424 g/mol. The fraction of sp³-hybridized carbons (Fsp3) is 0.179. The van der Waals surface area contributed by atoms with Gasteiger partial charge in [0.05, 0.1) is 0 Å². The minimum absolute atomic E-state index is 0.169. The second-order valence-corrected chi connectivity index (χ2v) is 8.98. The van der Waals surface area contributed by atoms with Crippen LogP contribution in [-0.2, 0) is 0 Å². The number of carbonyl (C=O) groups excluding carboxylic acids is 1. The number of hydrogen-bond acceptors (Lipinski definition) is 2. The fourth-order valence-corrected chi connectivity index (χ4v) is 5.69. The number of benzene rings is 3. The summed E-state index contributed by atoms with van der Waals surface area (Å²) in [6.07, 6.45) is 3.40. The van der Waals surface area contributed by atoms with Gasteiger partial charge in [0.1, 0.15) is 4.88 Å². The molecule has 1 saturated heterocycles. The zero-order valence-corrected chi connectivity index (χ0v) is 18.3. The molecular weight excluding hydrogens is 398 g/mol. The summed E-state index contributed by atoms with van der Waals surface area (Å²) in [5.41, 5.74) is 5.62. The van der Waals surface area contributed by atoms with Crippen molar-refractivity contribution in [2.24, 2.45) is 0 Å². The molecule has 1 amide bonds. The van der Waals surface area contributed by atoms with Crippen LogP contribution in [0.25, 0.3) is 32.7 Å². The Kier molecular flexibility index (Phi) is 5.68. The molecule has 0 saturated carbocycles. The summed E-state index contributed by atoms with van der Waals surface area (Å²) in [6, 6.07) is 31.3. The summed E-state index contributed by atoms with van der Waals surface area (Å²) >= 11 is 1.64. The van der Waals surface area contributed by atoms with E-state index < -0.39 is 0 Å². The Morgan fingerprint density at radius 1 is 0.613 bits per heavy atom. The van der Waals surface area contributed by atoms with Crippen LogP contribution >= 0.6 is 11.3 Å². The predicted octanol–water partition coefficient (Wildman–Crippen LogP) is 7.38. The maximum atomic E-state index is 13.8. The van der Waals surface area contributed by atoms with Crippen molar-refractivity contribution >= 4 is 17.2 Å². The molecule has 0 atom stereocenters. The van der Waals surface area contributed by atoms with Gasteiger partial charge in [0.25, 0.3) is 5.91 Å². The van der Waals surface area contributed by atoms with E-state index in [1.807, 2.05) is 23.1 Å². The van der Waals surface area contributed by atoms with Crippen LogP contribution in [-0.4, -0.2) is 23.9 Å². The van der Waals surface area contributed by atoms with E-state index in [1.165, 1.54) is 6.42 Å². The fourth-order valence-electron chi connectivity index (χ4n) is 4.38. The lowest BCUT2D eigenvalue weighted by Gasteiger charge is -2.26. The van der Waals surface area contributed by atoms with Crippen molar-refractivity contribution in [3.05, 3.63) is 95.9 Å². The monoisotopic (exact) mass is 423 g/mol. The van der Waals surface area contributed by atoms with Gasteiger partial charge in [0.2, 0.25) is 0 Å². The van der Waals surface area contributed by atoms with Gasteiger partial charge in [-0.25, -0.2) is 0 Å². The Hall–Kier alpha value is -3.17. The maximum absolute atomic E-state index is 13.8. The Morgan fingerprint density at radius 3 is 1.65 bits per heavy atom. The molecule has 4 aromatic rings. The van der Waals surface area contributed by atoms with E-state index in [9.17, 15) is 4.79 Å². The first-order valence-corrected chi connectivity index (χ1v) is 11.8. The third-order valence-electron chi connectivity index (χ3n) is 5.91. The zero-order chi connectivity index (χ0) is 21.0. The van der Waals surface area contributed by atoms with Crippen LogP contribution in [0.4, 0.5) is 0 Å². The minimum atomic E-state index is 0.169. The van der Waals surface area contributed by atoms with Crippen LogP contribution in [0.1, 0.15) is 28.9 Å². The van der Waals surface area contributed by atoms with Crippen LogP contribution in [0, 0.1) is 0 Å². The van der Waals surface area contributed by atoms with Crippen LogP contribution in [0.5, 0.6) is 0 Å². The number of likely N-dealkylation sites (tertiary alicyclic amines) is 1. The highest BCUT2D eigenvalue weighted by Gasteiger charge is 2.29. The molecule has 2 nitrogen and oxygen atoms in total. The van der Waals surface area contributed by atoms with Crippen molar-refractivity contribution < 1.29 is 4.79 Å². The number of piperidine rings is 1. The number of carbonyl (C=O) groups is 1. The Balaban J connectivity index is 1.78. The van der Waals surface area contributed by atoms with Crippen molar-refractivity contribution in [3.63, 3.8) is 0 Å². The highest BCUT2D eigenvalue weighted by atomic mass is 32.1. The lowest BCUT2D eigenvalue weighted by Crippen LogP contribution is -2.35. The molecule has 0 N–H and O–H groups in total. The van der Waals surface area contributed by atoms with Gasteiger partial charge >= 0.3 is 0 Å². The van der Waals surface area contributed by atoms with E-state index in [4.69, 9.17) is 0 Å². The molecule has 5 rings (SSSR count). The molecule has 1 fully saturated rings. The predicted molar refractivity (Wildman–Crippen MR) is 130 cm³/mol. The van der Waals surface area contributed by atoms with Crippen LogP contribution < -0.4 is 0 Å². The molecule has 3 aromatic carbocycles. The number of amides is 1. The molecule has 1 aromatic heterocycles. The SMILES string of the molecule is O=C(c1sc(-c2ccccc2)c(-c2ccccc2)c1-c1ccccc1)N1CCCCC1. The van der Waals surface area contributed by atoms with Crippen molar-refractivity contribution in [3.8, 4) is 32.7 Å². The van der Waals surface area contributed by atoms with E-state index in [1.54, 1.807) is 11.3 Å². The first-order chi connectivity index (χ1) is 15.3. The molecule has 3 heteroatoms. The quantitative estimate of drug-likeness (QED) is 0.335. The van der Waals surface area contributed by atoms with Gasteiger partial charge in [-0.1, -0.05) is 91.0 Å². The maximum Gasteiger partial charge on any atom is 0.264 e. The van der Waals surface area contributed by atoms with Crippen LogP contribution in [0.2, 0.25) is 0 Å². The first-order valence-electron chi connectivity index (χ1n) is 11.0. The van der Waals surface area contributed by atoms with Crippen LogP contribution in [0.3, 0.4) is 0 Å². The summed E-state index contributed by atoms with van der Waals surface area (Å²) < 4.78 is 0. The lowest BCUT2D eigenvalue weighted by atomic mass is 9.92. The zero-order valence-electron chi connectivity index (χ0n) is 17.5. The normalized spacial score (nSPS) is 13.9. The Morgan fingerprint density at radius 2 is 1.10 bits per heavy atom. The van der Waals surface area contributed by atoms with Gasteiger partial charge in [0.15, 0.2) is 0 Å². The van der Waals surface area contributed by atoms with E-state index >= 15 is 0 Å². The molecule has 0 radical (unpaired) electrons. The summed E-state index contributed by atoms with van der Waals surface area (Å²) in [5, 5.41) is 0. The molecule has 0 aliphatic carbocycles. The van der Waals surface area contributed by atoms with Crippen molar-refractivity contribution in [1.29, 1.82) is 0 Å². The molecule has 0 unspecified atom stereocenters. The summed E-state index contributed by atoms with van der Waals surface area (Å²) in [7, 11) is 0. The topological polar surface area (TPSA) is 20.3 Å². The van der Waals surface area contributed by atoms with Gasteiger partial charge in [-0.05, 0) is 36.0 Å². The number of thiophene rings is 1. The van der Waals surface area contributed by atoms with Crippen LogP contribution in [0.15, 0.2) is 91.0 Å². The molecule has 154 valence electrons. The van der Waals surface area contributed by atoms with E-state index in [2.05, 4.69) is 72.8 Å². The summed E-state index contributed by atoms with van der Waals surface area (Å²) in [4.78, 5) is 17.8. The average Bonchev–Trinajstić information content (AvgIpc) is 3.26. The highest BCUT2D eigenvalue weighted by molar-refractivity contribution is 7.18. The molecule has 0 bridgehead atoms. The highest BCUT2D eigenvalue weighted by Crippen LogP contribution is 2.48. The van der Waals surface area contributed by atoms with Crippen molar-refractivity contribution in [2.45, 2.75) is 19.3 Å². The largest absolute Gasteiger partial charge is 0.338 e. The number of nitrogens with zero attached hydrogens (tertiary/aromatic N) is 1. The van der Waals surface area contributed by atoms with Crippen molar-refractivity contribution in [2.75, 3.05) is 13.1 Å². The van der Waals surface area contributed by atoms with Gasteiger partial charge in [-0.15, -0.1) is 11.3 Å². The second kappa shape index (κ2) is 8.91. The minimum Gasteiger partial charge on any atom is -0.338 e. The third kappa shape index (κ3) is 3.94. The van der Waals surface area contributed by atoms with Gasteiger partial charge in [-0.2, -0.15) is 0 Å². The lowest BCUT2D eigenvalue weighted by molar-refractivity contribution is 0.0730. The molecule has 1 aliphatic rings. The van der Waals surface area contributed by atoms with Crippen molar-refractivity contribution in [1.82, 2.24) is 4.90 Å². The molecular formula is C28H25NOS. The standard InChI is InChI=1S/C28H25NOS/c30-28(29-19-11-4-12-20-29)27-25(22-15-7-2-8-16-22)24(21-13-5-1-6-14-21)26(31-27)23-17-9-3-10-18-23/h1-3,5-10,13-18H,4,11-12,19-20H2. The van der Waals surface area contributed by atoms with Gasteiger partial charge < -0.3 is 4.90 Å². The molecule has 2 heterocycles. The number of hydrogen-bond donors (Lipinski definition) is 0. The molecule has 0 spiro atoms. The number of rotatable bonds is 4. The summed E-state index contributed by atoms with van der Waals surface area (Å²) in [6.45, 7) is 1.71. The van der Waals surface area contributed by atoms with E-state index in [-0.39, 0.29) is 5.91 Å². The first kappa shape index (κ1) is 19.8. The van der Waals surface area contributed by atoms with Gasteiger partial charge in [0, 0.05) is 29.1 Å². The molecule has 1 aliphatic heterocycles. The van der Waals surface area contributed by atoms with E-state index in [0.29, 0.717) is 0 Å². The molecule has 31 heavy (non-hydrogen) atoms. The Labute approximate surface area is 187 Å². The Bertz CT molecular complexity index is 1160. The summed E-state index contributed by atoms with van der Waals surface area (Å²) in [5.74, 6) is 0.169.